The van der Waals surface area contributed by atoms with Crippen LogP contribution in [0.1, 0.15) is 32.9 Å². The molecule has 46 heavy (non-hydrogen) atoms. The number of methoxy groups -OCH3 is 1. The zero-order chi connectivity index (χ0) is 32.5. The summed E-state index contributed by atoms with van der Waals surface area (Å²) in [6.07, 6.45) is 0.975. The highest BCUT2D eigenvalue weighted by molar-refractivity contribution is 6.33. The van der Waals surface area contributed by atoms with Crippen LogP contribution in [0.2, 0.25) is 5.02 Å². The number of nitrogens with one attached hydrogen (secondary N) is 1. The first-order valence-electron chi connectivity index (χ1n) is 14.6. The summed E-state index contributed by atoms with van der Waals surface area (Å²) in [6.45, 7) is 4.53. The first-order chi connectivity index (χ1) is 22.1. The van der Waals surface area contributed by atoms with Crippen LogP contribution in [0.4, 0.5) is 27.1 Å². The van der Waals surface area contributed by atoms with Crippen molar-refractivity contribution in [2.24, 2.45) is 0 Å². The Labute approximate surface area is 268 Å². The second kappa shape index (κ2) is 12.7. The standard InChI is InChI=1S/C32H30ClFN6O6/c1-19-29(30(36-46-19)20-5-3-6-22(15-20)45-2)32(42)39-13-11-38(12-14-39)27-18-25(28(40(43)44)17-23(27)33)35-31(41)21-7-8-26(24(34)16-21)37-9-4-10-37/h3,5-8,15-18H,4,9-14H2,1-2H3,(H,35,41). The number of nitrogens with zero attached hydrogens (tertiary/aromatic N) is 5. The minimum Gasteiger partial charge on any atom is -0.497 e. The van der Waals surface area contributed by atoms with Gasteiger partial charge in [0, 0.05) is 56.5 Å². The number of benzene rings is 3. The molecular formula is C32H30ClFN6O6. The fourth-order valence-electron chi connectivity index (χ4n) is 5.60. The Kier molecular flexibility index (Phi) is 8.50. The Morgan fingerprint density at radius 2 is 1.76 bits per heavy atom. The third-order valence-corrected chi connectivity index (χ3v) is 8.55. The maximum atomic E-state index is 14.7. The largest absolute Gasteiger partial charge is 0.497 e. The molecule has 1 N–H and O–H groups in total. The fourth-order valence-corrected chi connectivity index (χ4v) is 5.88. The van der Waals surface area contributed by atoms with Crippen molar-refractivity contribution in [1.29, 1.82) is 0 Å². The third kappa shape index (κ3) is 5.93. The molecule has 2 aliphatic rings. The highest BCUT2D eigenvalue weighted by Crippen LogP contribution is 2.38. The predicted octanol–water partition coefficient (Wildman–Crippen LogP) is 5.78. The van der Waals surface area contributed by atoms with Crippen LogP contribution < -0.4 is 19.9 Å². The molecule has 0 aliphatic carbocycles. The molecule has 12 nitrogen and oxygen atoms in total. The summed E-state index contributed by atoms with van der Waals surface area (Å²) in [7, 11) is 1.56. The highest BCUT2D eigenvalue weighted by atomic mass is 35.5. The average Bonchev–Trinajstić information content (AvgIpc) is 3.42. The summed E-state index contributed by atoms with van der Waals surface area (Å²) in [5, 5.41) is 18.7. The molecule has 2 saturated heterocycles. The van der Waals surface area contributed by atoms with E-state index < -0.39 is 22.3 Å². The molecule has 6 rings (SSSR count). The van der Waals surface area contributed by atoms with Crippen LogP contribution in [-0.4, -0.2) is 73.2 Å². The fraction of sp³-hybridized carbons (Fsp3) is 0.281. The van der Waals surface area contributed by atoms with Crippen molar-refractivity contribution in [3.8, 4) is 17.0 Å². The topological polar surface area (TPSA) is 134 Å². The number of rotatable bonds is 8. The van der Waals surface area contributed by atoms with Crippen molar-refractivity contribution in [1.82, 2.24) is 10.1 Å². The van der Waals surface area contributed by atoms with E-state index in [4.69, 9.17) is 20.9 Å². The molecule has 2 aliphatic heterocycles. The van der Waals surface area contributed by atoms with Crippen molar-refractivity contribution >= 4 is 46.2 Å². The summed E-state index contributed by atoms with van der Waals surface area (Å²) in [5.41, 5.74) is 1.86. The third-order valence-electron chi connectivity index (χ3n) is 8.24. The van der Waals surface area contributed by atoms with Crippen molar-refractivity contribution in [2.75, 3.05) is 61.5 Å². The molecule has 0 spiro atoms. The molecule has 0 bridgehead atoms. The van der Waals surface area contributed by atoms with Gasteiger partial charge in [0.05, 0.1) is 28.4 Å². The highest BCUT2D eigenvalue weighted by Gasteiger charge is 2.31. The second-order valence-corrected chi connectivity index (χ2v) is 11.4. The number of carbonyl (C=O) groups is 2. The molecule has 0 radical (unpaired) electrons. The lowest BCUT2D eigenvalue weighted by Gasteiger charge is -2.36. The summed E-state index contributed by atoms with van der Waals surface area (Å²) >= 11 is 6.51. The molecule has 3 aromatic carbocycles. The van der Waals surface area contributed by atoms with Gasteiger partial charge in [-0.15, -0.1) is 0 Å². The van der Waals surface area contributed by atoms with E-state index in [-0.39, 0.29) is 22.2 Å². The first-order valence-corrected chi connectivity index (χ1v) is 15.0. The molecule has 0 atom stereocenters. The number of aromatic nitrogens is 1. The molecule has 0 unspecified atom stereocenters. The summed E-state index contributed by atoms with van der Waals surface area (Å²) in [5.74, 6) is -0.474. The van der Waals surface area contributed by atoms with Crippen LogP contribution in [0.3, 0.4) is 0 Å². The average molecular weight is 649 g/mol. The van der Waals surface area contributed by atoms with Gasteiger partial charge >= 0.3 is 0 Å². The van der Waals surface area contributed by atoms with Gasteiger partial charge in [-0.25, -0.2) is 4.39 Å². The van der Waals surface area contributed by atoms with Gasteiger partial charge in [0.25, 0.3) is 17.5 Å². The molecule has 1 aromatic heterocycles. The van der Waals surface area contributed by atoms with Crippen molar-refractivity contribution in [3.05, 3.63) is 92.4 Å². The Balaban J connectivity index is 1.19. The van der Waals surface area contributed by atoms with Crippen molar-refractivity contribution in [2.45, 2.75) is 13.3 Å². The maximum absolute atomic E-state index is 14.7. The Hall–Kier alpha value is -5.17. The quantitative estimate of drug-likeness (QED) is 0.186. The molecular weight excluding hydrogens is 619 g/mol. The number of carbonyl (C=O) groups excluding carboxylic acids is 2. The molecule has 14 heteroatoms. The molecule has 2 fully saturated rings. The van der Waals surface area contributed by atoms with E-state index in [1.807, 2.05) is 15.9 Å². The second-order valence-electron chi connectivity index (χ2n) is 11.0. The van der Waals surface area contributed by atoms with E-state index in [0.29, 0.717) is 65.9 Å². The Morgan fingerprint density at radius 1 is 1.02 bits per heavy atom. The van der Waals surface area contributed by atoms with Crippen LogP contribution in [0.25, 0.3) is 11.3 Å². The first kappa shape index (κ1) is 30.8. The smallest absolute Gasteiger partial charge is 0.294 e. The van der Waals surface area contributed by atoms with Crippen LogP contribution in [-0.2, 0) is 0 Å². The number of piperazine rings is 1. The normalized spacial score (nSPS) is 14.6. The van der Waals surface area contributed by atoms with E-state index in [1.165, 1.54) is 24.3 Å². The van der Waals surface area contributed by atoms with Gasteiger partial charge in [-0.2, -0.15) is 0 Å². The summed E-state index contributed by atoms with van der Waals surface area (Å²) in [4.78, 5) is 43.4. The Morgan fingerprint density at radius 3 is 2.41 bits per heavy atom. The lowest BCUT2D eigenvalue weighted by atomic mass is 10.0. The number of aryl methyl sites for hydroxylation is 1. The number of halogens is 2. The maximum Gasteiger partial charge on any atom is 0.294 e. The van der Waals surface area contributed by atoms with Gasteiger partial charge in [-0.1, -0.05) is 28.9 Å². The molecule has 0 saturated carbocycles. The minimum atomic E-state index is -0.697. The number of nitro benzene ring substituents is 1. The summed E-state index contributed by atoms with van der Waals surface area (Å²) < 4.78 is 25.4. The predicted molar refractivity (Wildman–Crippen MR) is 171 cm³/mol. The van der Waals surface area contributed by atoms with Gasteiger partial charge in [-0.05, 0) is 49.7 Å². The summed E-state index contributed by atoms with van der Waals surface area (Å²) in [6, 6.07) is 14.0. The van der Waals surface area contributed by atoms with Gasteiger partial charge < -0.3 is 29.3 Å². The van der Waals surface area contributed by atoms with Crippen LogP contribution >= 0.6 is 11.6 Å². The van der Waals surface area contributed by atoms with Gasteiger partial charge in [0.2, 0.25) is 0 Å². The van der Waals surface area contributed by atoms with Crippen LogP contribution in [0.15, 0.2) is 59.1 Å². The van der Waals surface area contributed by atoms with E-state index >= 15 is 0 Å². The zero-order valence-electron chi connectivity index (χ0n) is 25.1. The number of hydrogen-bond acceptors (Lipinski definition) is 9. The van der Waals surface area contributed by atoms with Crippen molar-refractivity contribution in [3.63, 3.8) is 0 Å². The molecule has 2 amide bonds. The zero-order valence-corrected chi connectivity index (χ0v) is 25.8. The van der Waals surface area contributed by atoms with E-state index in [2.05, 4.69) is 10.5 Å². The van der Waals surface area contributed by atoms with Crippen LogP contribution in [0.5, 0.6) is 5.75 Å². The number of anilines is 3. The number of amides is 2. The molecule has 3 heterocycles. The lowest BCUT2D eigenvalue weighted by Crippen LogP contribution is -2.49. The number of hydrogen-bond donors (Lipinski definition) is 1. The van der Waals surface area contributed by atoms with Crippen LogP contribution in [0, 0.1) is 22.9 Å². The molecule has 238 valence electrons. The van der Waals surface area contributed by atoms with E-state index in [1.54, 1.807) is 37.1 Å². The Bertz CT molecular complexity index is 1840. The lowest BCUT2D eigenvalue weighted by molar-refractivity contribution is -0.383. The minimum absolute atomic E-state index is 0.0250. The monoisotopic (exact) mass is 648 g/mol. The van der Waals surface area contributed by atoms with Gasteiger partial charge in [-0.3, -0.25) is 19.7 Å². The van der Waals surface area contributed by atoms with E-state index in [9.17, 15) is 24.1 Å². The molecule has 4 aromatic rings. The van der Waals surface area contributed by atoms with Gasteiger partial charge in [0.15, 0.2) is 0 Å². The van der Waals surface area contributed by atoms with Crippen molar-refractivity contribution < 1.29 is 28.2 Å². The van der Waals surface area contributed by atoms with E-state index in [0.717, 1.165) is 25.6 Å². The van der Waals surface area contributed by atoms with Gasteiger partial charge in [0.1, 0.15) is 34.3 Å². The SMILES string of the molecule is COc1cccc(-c2noc(C)c2C(=O)N2CCN(c3cc(NC(=O)c4ccc(N5CCC5)c(F)c4)c([N+](=O)[O-])cc3Cl)CC2)c1. The number of ether oxygens (including phenoxy) is 1. The number of nitro groups is 1.